The summed E-state index contributed by atoms with van der Waals surface area (Å²) in [6, 6.07) is 2.02. The van der Waals surface area contributed by atoms with Crippen molar-refractivity contribution in [1.82, 2.24) is 30.6 Å². The third-order valence-corrected chi connectivity index (χ3v) is 8.66. The van der Waals surface area contributed by atoms with Crippen molar-refractivity contribution in [3.05, 3.63) is 49.9 Å². The van der Waals surface area contributed by atoms with E-state index in [0.29, 0.717) is 42.1 Å². The van der Waals surface area contributed by atoms with E-state index < -0.39 is 17.9 Å². The molecule has 2 aromatic heterocycles. The number of H-pyrrole nitrogens is 1. The smallest absolute Gasteiger partial charge is 0.328 e. The molecule has 0 radical (unpaired) electrons. The number of nitriles is 1. The van der Waals surface area contributed by atoms with Crippen LogP contribution in [0.5, 0.6) is 0 Å². The lowest BCUT2D eigenvalue weighted by atomic mass is 9.96. The fraction of sp³-hybridized carbons (Fsp3) is 0.360. The van der Waals surface area contributed by atoms with Crippen LogP contribution in [0.25, 0.3) is 10.2 Å². The van der Waals surface area contributed by atoms with E-state index in [1.807, 2.05) is 4.90 Å². The van der Waals surface area contributed by atoms with Crippen LogP contribution in [-0.4, -0.2) is 81.1 Å². The fourth-order valence-electron chi connectivity index (χ4n) is 4.87. The van der Waals surface area contributed by atoms with Gasteiger partial charge in [-0.25, -0.2) is 4.79 Å². The maximum absolute atomic E-state index is 13.2. The first kappa shape index (κ1) is 27.7. The van der Waals surface area contributed by atoms with Gasteiger partial charge in [0.25, 0.3) is 11.8 Å². The van der Waals surface area contributed by atoms with E-state index in [1.54, 1.807) is 29.4 Å². The van der Waals surface area contributed by atoms with Crippen molar-refractivity contribution < 1.29 is 19.5 Å². The number of rotatable bonds is 6. The molecule has 12 nitrogen and oxygen atoms in total. The third kappa shape index (κ3) is 5.56. The normalized spacial score (nSPS) is 16.0. The molecule has 0 unspecified atom stereocenters. The van der Waals surface area contributed by atoms with Crippen molar-refractivity contribution >= 4 is 68.5 Å². The number of hydrogen-bond acceptors (Lipinski definition) is 7. The van der Waals surface area contributed by atoms with Crippen LogP contribution in [0.2, 0.25) is 10.0 Å². The Kier molecular flexibility index (Phi) is 8.11. The zero-order valence-corrected chi connectivity index (χ0v) is 23.4. The number of carbonyl (C=O) groups is 3. The molecule has 0 saturated carbocycles. The zero-order chi connectivity index (χ0) is 28.4. The number of aliphatic imine (C=N–C) groups is 1. The highest BCUT2D eigenvalue weighted by Gasteiger charge is 2.30. The van der Waals surface area contributed by atoms with E-state index in [2.05, 4.69) is 25.8 Å². The number of benzene rings is 1. The lowest BCUT2D eigenvalue weighted by molar-refractivity contribution is -0.139. The Balaban J connectivity index is 1.29. The first-order valence-corrected chi connectivity index (χ1v) is 14.0. The number of aromatic nitrogens is 2. The van der Waals surface area contributed by atoms with Crippen molar-refractivity contribution in [3.8, 4) is 6.19 Å². The van der Waals surface area contributed by atoms with Gasteiger partial charge in [-0.2, -0.15) is 10.4 Å². The second-order valence-electron chi connectivity index (χ2n) is 9.40. The topological polar surface area (TPSA) is 167 Å². The van der Waals surface area contributed by atoms with Gasteiger partial charge in [0, 0.05) is 32.7 Å². The molecule has 2 aliphatic rings. The molecule has 4 N–H and O–H groups in total. The average Bonchev–Trinajstić information content (AvgIpc) is 3.68. The quantitative estimate of drug-likeness (QED) is 0.190. The van der Waals surface area contributed by atoms with Crippen LogP contribution < -0.4 is 10.6 Å². The van der Waals surface area contributed by atoms with Gasteiger partial charge in [-0.1, -0.05) is 23.2 Å². The van der Waals surface area contributed by atoms with Crippen LogP contribution in [0, 0.1) is 11.5 Å². The van der Waals surface area contributed by atoms with Gasteiger partial charge in [-0.05, 0) is 42.5 Å². The summed E-state index contributed by atoms with van der Waals surface area (Å²) in [7, 11) is 0. The number of likely N-dealkylation sites (tertiary alicyclic amines) is 1. The molecule has 2 amide bonds. The van der Waals surface area contributed by atoms with Gasteiger partial charge in [0.2, 0.25) is 12.2 Å². The SMILES string of the molecule is N#C/N=C(\NC[C@H](NC(=O)c1c(Cl)cc2c(c1Cl)CCN(C(=O)c1cc3[nH]ncc3s1)C2)C(=O)O)N1CCCC1. The highest BCUT2D eigenvalue weighted by atomic mass is 35.5. The standard InChI is InChI=1S/C25H24Cl2N8O4S/c26-15-7-13-11-35(23(37)18-8-16-19(40-18)10-31-33-16)6-3-14(13)21(27)20(15)22(36)32-17(24(38)39)9-29-25(30-12-28)34-4-1-2-5-34/h7-8,10,17H,1-6,9,11H2,(H,29,30)(H,31,33)(H,32,36)(H,38,39)/t17-/m0/s1. The zero-order valence-electron chi connectivity index (χ0n) is 21.0. The van der Waals surface area contributed by atoms with Crippen molar-refractivity contribution in [1.29, 1.82) is 5.26 Å². The number of carboxylic acids is 1. The molecule has 4 heterocycles. The Bertz CT molecular complexity index is 1530. The highest BCUT2D eigenvalue weighted by Crippen LogP contribution is 2.35. The second-order valence-corrected chi connectivity index (χ2v) is 11.3. The molecule has 15 heteroatoms. The molecule has 5 rings (SSSR count). The van der Waals surface area contributed by atoms with Crippen LogP contribution >= 0.6 is 34.5 Å². The summed E-state index contributed by atoms with van der Waals surface area (Å²) in [5, 5.41) is 31.1. The Morgan fingerprint density at radius 1 is 1.23 bits per heavy atom. The van der Waals surface area contributed by atoms with Crippen molar-refractivity contribution in [2.75, 3.05) is 26.2 Å². The lowest BCUT2D eigenvalue weighted by Crippen LogP contribution is -2.51. The number of nitrogens with one attached hydrogen (secondary N) is 3. The van der Waals surface area contributed by atoms with Crippen LogP contribution in [0.4, 0.5) is 0 Å². The third-order valence-electron chi connectivity index (χ3n) is 6.89. The number of halogens is 2. The van der Waals surface area contributed by atoms with Gasteiger partial charge in [-0.15, -0.1) is 16.3 Å². The van der Waals surface area contributed by atoms with Crippen molar-refractivity contribution in [3.63, 3.8) is 0 Å². The predicted octanol–water partition coefficient (Wildman–Crippen LogP) is 2.84. The van der Waals surface area contributed by atoms with Gasteiger partial charge in [0.05, 0.1) is 36.9 Å². The number of hydrogen-bond donors (Lipinski definition) is 4. The van der Waals surface area contributed by atoms with E-state index in [4.69, 9.17) is 28.5 Å². The van der Waals surface area contributed by atoms with Gasteiger partial charge in [0.1, 0.15) is 6.04 Å². The lowest BCUT2D eigenvalue weighted by Gasteiger charge is -2.30. The largest absolute Gasteiger partial charge is 0.480 e. The van der Waals surface area contributed by atoms with Crippen molar-refractivity contribution in [2.45, 2.75) is 31.8 Å². The Hall–Kier alpha value is -3.86. The molecule has 1 saturated heterocycles. The minimum Gasteiger partial charge on any atom is -0.480 e. The Morgan fingerprint density at radius 2 is 2.00 bits per heavy atom. The molecular formula is C25H24Cl2N8O4S. The van der Waals surface area contributed by atoms with E-state index in [-0.39, 0.29) is 40.6 Å². The number of nitrogens with zero attached hydrogens (tertiary/aromatic N) is 5. The number of aliphatic carboxylic acids is 1. The molecular weight excluding hydrogens is 579 g/mol. The highest BCUT2D eigenvalue weighted by molar-refractivity contribution is 7.20. The summed E-state index contributed by atoms with van der Waals surface area (Å²) < 4.78 is 0.891. The minimum absolute atomic E-state index is 0.0291. The molecule has 3 aromatic rings. The molecule has 2 aliphatic heterocycles. The predicted molar refractivity (Wildman–Crippen MR) is 150 cm³/mol. The monoisotopic (exact) mass is 602 g/mol. The molecule has 0 spiro atoms. The molecule has 40 heavy (non-hydrogen) atoms. The Labute approximate surface area is 242 Å². The summed E-state index contributed by atoms with van der Waals surface area (Å²) in [5.41, 5.74) is 2.17. The second kappa shape index (κ2) is 11.7. The van der Waals surface area contributed by atoms with Gasteiger partial charge in [0.15, 0.2) is 0 Å². The summed E-state index contributed by atoms with van der Waals surface area (Å²) >= 11 is 14.5. The molecule has 1 atom stereocenters. The summed E-state index contributed by atoms with van der Waals surface area (Å²) in [4.78, 5) is 46.1. The first-order valence-electron chi connectivity index (χ1n) is 12.5. The molecule has 208 valence electrons. The molecule has 1 aromatic carbocycles. The van der Waals surface area contributed by atoms with Gasteiger partial charge >= 0.3 is 5.97 Å². The van der Waals surface area contributed by atoms with Gasteiger partial charge < -0.3 is 25.5 Å². The fourth-order valence-corrected chi connectivity index (χ4v) is 6.58. The maximum Gasteiger partial charge on any atom is 0.328 e. The number of thiophene rings is 1. The Morgan fingerprint density at radius 3 is 2.70 bits per heavy atom. The van der Waals surface area contributed by atoms with Crippen LogP contribution in [0.15, 0.2) is 23.3 Å². The molecule has 1 fully saturated rings. The van der Waals surface area contributed by atoms with E-state index in [9.17, 15) is 19.5 Å². The van der Waals surface area contributed by atoms with Crippen molar-refractivity contribution in [2.24, 2.45) is 4.99 Å². The van der Waals surface area contributed by atoms with E-state index in [1.165, 1.54) is 11.3 Å². The summed E-state index contributed by atoms with van der Waals surface area (Å²) in [6.45, 7) is 1.84. The number of guanidine groups is 1. The molecule has 0 bridgehead atoms. The number of fused-ring (bicyclic) bond motifs is 2. The maximum atomic E-state index is 13.2. The van der Waals surface area contributed by atoms with Crippen LogP contribution in [0.3, 0.4) is 0 Å². The molecule has 0 aliphatic carbocycles. The number of aromatic amines is 1. The average molecular weight is 603 g/mol. The number of carboxylic acid groups (broad SMARTS) is 1. The van der Waals surface area contributed by atoms with Gasteiger partial charge in [-0.3, -0.25) is 14.7 Å². The summed E-state index contributed by atoms with van der Waals surface area (Å²) in [6.07, 6.45) is 5.67. The number of amides is 2. The minimum atomic E-state index is -1.35. The number of carbonyl (C=O) groups excluding carboxylic acids is 2. The first-order chi connectivity index (χ1) is 19.3. The van der Waals surface area contributed by atoms with Crippen LogP contribution in [0.1, 0.15) is 44.0 Å². The summed E-state index contributed by atoms with van der Waals surface area (Å²) in [5.74, 6) is -1.88. The van der Waals surface area contributed by atoms with Crippen LogP contribution in [-0.2, 0) is 17.8 Å². The van der Waals surface area contributed by atoms with E-state index >= 15 is 0 Å². The van der Waals surface area contributed by atoms with E-state index in [0.717, 1.165) is 23.1 Å².